The molecule has 0 aliphatic rings. The number of para-hydroxylation sites is 2. The van der Waals surface area contributed by atoms with Crippen LogP contribution in [0.25, 0.3) is 11.4 Å². The summed E-state index contributed by atoms with van der Waals surface area (Å²) in [6, 6.07) is 13.6. The van der Waals surface area contributed by atoms with Crippen LogP contribution in [0, 0.1) is 10.1 Å². The molecule has 0 radical (unpaired) electrons. The molecule has 1 heterocycles. The number of nitrogens with zero attached hydrogens (tertiary/aromatic N) is 3. The normalized spacial score (nSPS) is 10.4. The highest BCUT2D eigenvalue weighted by Gasteiger charge is 2.13. The van der Waals surface area contributed by atoms with Gasteiger partial charge in [0.05, 0.1) is 23.8 Å². The van der Waals surface area contributed by atoms with Crippen molar-refractivity contribution < 1.29 is 14.2 Å². The van der Waals surface area contributed by atoms with Gasteiger partial charge in [0.1, 0.15) is 5.75 Å². The summed E-state index contributed by atoms with van der Waals surface area (Å²) >= 11 is 0. The standard InChI is InChI=1S/C17H16N4O4/c1-2-24-15-9-4-3-8-14(15)18-11-16-19-17(20-25-16)12-6-5-7-13(10-12)21(22)23/h3-10,18H,2,11H2,1H3. The summed E-state index contributed by atoms with van der Waals surface area (Å²) in [6.45, 7) is 2.79. The first kappa shape index (κ1) is 16.4. The lowest BCUT2D eigenvalue weighted by Gasteiger charge is -2.10. The summed E-state index contributed by atoms with van der Waals surface area (Å²) in [4.78, 5) is 14.7. The minimum absolute atomic E-state index is 0.0207. The molecule has 3 rings (SSSR count). The van der Waals surface area contributed by atoms with Gasteiger partial charge in [-0.3, -0.25) is 10.1 Å². The molecule has 0 amide bonds. The molecular formula is C17H16N4O4. The number of non-ortho nitro benzene ring substituents is 1. The van der Waals surface area contributed by atoms with E-state index in [1.807, 2.05) is 31.2 Å². The van der Waals surface area contributed by atoms with Gasteiger partial charge in [-0.05, 0) is 19.1 Å². The topological polar surface area (TPSA) is 103 Å². The van der Waals surface area contributed by atoms with Crippen LogP contribution in [0.2, 0.25) is 0 Å². The van der Waals surface area contributed by atoms with Crippen molar-refractivity contribution in [2.45, 2.75) is 13.5 Å². The maximum absolute atomic E-state index is 10.9. The molecular weight excluding hydrogens is 324 g/mol. The van der Waals surface area contributed by atoms with E-state index in [9.17, 15) is 10.1 Å². The molecule has 8 heteroatoms. The van der Waals surface area contributed by atoms with E-state index < -0.39 is 4.92 Å². The number of aromatic nitrogens is 2. The summed E-state index contributed by atoms with van der Waals surface area (Å²) in [5, 5.41) is 17.9. The monoisotopic (exact) mass is 340 g/mol. The average molecular weight is 340 g/mol. The van der Waals surface area contributed by atoms with Crippen LogP contribution in [-0.4, -0.2) is 21.7 Å². The molecule has 1 aromatic heterocycles. The van der Waals surface area contributed by atoms with Gasteiger partial charge >= 0.3 is 0 Å². The van der Waals surface area contributed by atoms with Crippen LogP contribution in [-0.2, 0) is 6.54 Å². The zero-order valence-electron chi connectivity index (χ0n) is 13.5. The molecule has 3 aromatic rings. The van der Waals surface area contributed by atoms with Crippen molar-refractivity contribution in [2.24, 2.45) is 0 Å². The van der Waals surface area contributed by atoms with Crippen molar-refractivity contribution in [3.63, 3.8) is 0 Å². The lowest BCUT2D eigenvalue weighted by molar-refractivity contribution is -0.384. The maximum Gasteiger partial charge on any atom is 0.270 e. The minimum Gasteiger partial charge on any atom is -0.492 e. The van der Waals surface area contributed by atoms with E-state index in [4.69, 9.17) is 9.26 Å². The summed E-state index contributed by atoms with van der Waals surface area (Å²) in [5.74, 6) is 1.41. The fourth-order valence-electron chi connectivity index (χ4n) is 2.27. The molecule has 1 N–H and O–H groups in total. The molecule has 0 saturated heterocycles. The Morgan fingerprint density at radius 2 is 2.08 bits per heavy atom. The largest absolute Gasteiger partial charge is 0.492 e. The molecule has 0 fully saturated rings. The molecule has 0 bridgehead atoms. The van der Waals surface area contributed by atoms with Gasteiger partial charge in [0.25, 0.3) is 5.69 Å². The van der Waals surface area contributed by atoms with Gasteiger partial charge in [-0.15, -0.1) is 0 Å². The number of rotatable bonds is 7. The van der Waals surface area contributed by atoms with E-state index in [0.29, 0.717) is 30.4 Å². The van der Waals surface area contributed by atoms with Crippen LogP contribution in [0.4, 0.5) is 11.4 Å². The lowest BCUT2D eigenvalue weighted by atomic mass is 10.2. The molecule has 8 nitrogen and oxygen atoms in total. The number of ether oxygens (including phenoxy) is 1. The van der Waals surface area contributed by atoms with E-state index in [1.165, 1.54) is 12.1 Å². The van der Waals surface area contributed by atoms with E-state index in [1.54, 1.807) is 12.1 Å². The third-order valence-corrected chi connectivity index (χ3v) is 3.40. The third-order valence-electron chi connectivity index (χ3n) is 3.40. The second-order valence-corrected chi connectivity index (χ2v) is 5.10. The Morgan fingerprint density at radius 3 is 2.88 bits per heavy atom. The first-order valence-electron chi connectivity index (χ1n) is 7.70. The highest BCUT2D eigenvalue weighted by atomic mass is 16.6. The van der Waals surface area contributed by atoms with Gasteiger partial charge in [0, 0.05) is 17.7 Å². The smallest absolute Gasteiger partial charge is 0.270 e. The maximum atomic E-state index is 10.9. The number of benzene rings is 2. The molecule has 0 aliphatic heterocycles. The molecule has 25 heavy (non-hydrogen) atoms. The number of anilines is 1. The molecule has 0 atom stereocenters. The van der Waals surface area contributed by atoms with Crippen molar-refractivity contribution in [2.75, 3.05) is 11.9 Å². The zero-order chi connectivity index (χ0) is 17.6. The average Bonchev–Trinajstić information content (AvgIpc) is 3.10. The van der Waals surface area contributed by atoms with Crippen molar-refractivity contribution in [1.29, 1.82) is 0 Å². The first-order chi connectivity index (χ1) is 12.2. The highest BCUT2D eigenvalue weighted by Crippen LogP contribution is 2.25. The third kappa shape index (κ3) is 3.92. The second-order valence-electron chi connectivity index (χ2n) is 5.10. The molecule has 0 aliphatic carbocycles. The van der Waals surface area contributed by atoms with Crippen LogP contribution >= 0.6 is 0 Å². The van der Waals surface area contributed by atoms with Gasteiger partial charge in [-0.25, -0.2) is 0 Å². The highest BCUT2D eigenvalue weighted by molar-refractivity contribution is 5.59. The fourth-order valence-corrected chi connectivity index (χ4v) is 2.27. The van der Waals surface area contributed by atoms with Crippen LogP contribution in [0.5, 0.6) is 5.75 Å². The second kappa shape index (κ2) is 7.43. The number of hydrogen-bond acceptors (Lipinski definition) is 7. The van der Waals surface area contributed by atoms with E-state index in [2.05, 4.69) is 15.5 Å². The predicted octanol–water partition coefficient (Wildman–Crippen LogP) is 3.66. The van der Waals surface area contributed by atoms with Crippen molar-refractivity contribution in [3.8, 4) is 17.1 Å². The summed E-state index contributed by atoms with van der Waals surface area (Å²) in [5.41, 5.74) is 1.32. The van der Waals surface area contributed by atoms with Crippen LogP contribution in [0.15, 0.2) is 53.1 Å². The van der Waals surface area contributed by atoms with Gasteiger partial charge in [-0.1, -0.05) is 29.4 Å². The van der Waals surface area contributed by atoms with Crippen molar-refractivity contribution >= 4 is 11.4 Å². The van der Waals surface area contributed by atoms with E-state index in [0.717, 1.165) is 11.4 Å². The van der Waals surface area contributed by atoms with Crippen LogP contribution in [0.1, 0.15) is 12.8 Å². The lowest BCUT2D eigenvalue weighted by Crippen LogP contribution is -2.02. The Morgan fingerprint density at radius 1 is 1.24 bits per heavy atom. The Kier molecular flexibility index (Phi) is 4.89. The van der Waals surface area contributed by atoms with E-state index >= 15 is 0 Å². The van der Waals surface area contributed by atoms with Crippen molar-refractivity contribution in [1.82, 2.24) is 10.1 Å². The summed E-state index contributed by atoms with van der Waals surface area (Å²) in [6.07, 6.45) is 0. The Bertz CT molecular complexity index is 878. The predicted molar refractivity (Wildman–Crippen MR) is 91.3 cm³/mol. The number of nitro benzene ring substituents is 1. The van der Waals surface area contributed by atoms with Gasteiger partial charge in [0.15, 0.2) is 0 Å². The number of hydrogen-bond donors (Lipinski definition) is 1. The number of nitro groups is 1. The van der Waals surface area contributed by atoms with E-state index in [-0.39, 0.29) is 5.69 Å². The van der Waals surface area contributed by atoms with Gasteiger partial charge in [-0.2, -0.15) is 4.98 Å². The van der Waals surface area contributed by atoms with Gasteiger partial charge in [0.2, 0.25) is 11.7 Å². The zero-order valence-corrected chi connectivity index (χ0v) is 13.5. The molecule has 0 unspecified atom stereocenters. The molecule has 2 aromatic carbocycles. The number of nitrogens with one attached hydrogen (secondary N) is 1. The summed E-state index contributed by atoms with van der Waals surface area (Å²) in [7, 11) is 0. The first-order valence-corrected chi connectivity index (χ1v) is 7.70. The van der Waals surface area contributed by atoms with Crippen LogP contribution in [0.3, 0.4) is 0 Å². The summed E-state index contributed by atoms with van der Waals surface area (Å²) < 4.78 is 10.7. The SMILES string of the molecule is CCOc1ccccc1NCc1nc(-c2cccc([N+](=O)[O-])c2)no1. The Balaban J connectivity index is 1.72. The molecule has 0 spiro atoms. The van der Waals surface area contributed by atoms with Gasteiger partial charge < -0.3 is 14.6 Å². The Hall–Kier alpha value is -3.42. The Labute approximate surface area is 143 Å². The quantitative estimate of drug-likeness (QED) is 0.517. The molecule has 128 valence electrons. The van der Waals surface area contributed by atoms with Crippen molar-refractivity contribution in [3.05, 3.63) is 64.5 Å². The van der Waals surface area contributed by atoms with Crippen LogP contribution < -0.4 is 10.1 Å². The minimum atomic E-state index is -0.462. The fraction of sp³-hybridized carbons (Fsp3) is 0.176. The molecule has 0 saturated carbocycles.